The zero-order chi connectivity index (χ0) is 15.7. The molecule has 1 N–H and O–H groups in total. The molecule has 1 aliphatic rings. The molecule has 2 aromatic rings. The van der Waals surface area contributed by atoms with Crippen LogP contribution in [-0.4, -0.2) is 17.5 Å². The van der Waals surface area contributed by atoms with Gasteiger partial charge < -0.3 is 10.1 Å². The number of pyridine rings is 1. The van der Waals surface area contributed by atoms with Gasteiger partial charge in [-0.3, -0.25) is 4.79 Å². The Labute approximate surface area is 130 Å². The van der Waals surface area contributed by atoms with Crippen LogP contribution in [-0.2, 0) is 11.2 Å². The molecule has 0 radical (unpaired) electrons. The van der Waals surface area contributed by atoms with Crippen LogP contribution < -0.4 is 10.1 Å². The van der Waals surface area contributed by atoms with Crippen LogP contribution in [0.5, 0.6) is 5.88 Å². The van der Waals surface area contributed by atoms with E-state index in [2.05, 4.69) is 10.3 Å². The summed E-state index contributed by atoms with van der Waals surface area (Å²) in [5.41, 5.74) is 0.589. The second-order valence-corrected chi connectivity index (χ2v) is 5.21. The van der Waals surface area contributed by atoms with Crippen LogP contribution in [0.1, 0.15) is 17.2 Å². The number of nitrogens with one attached hydrogen (secondary N) is 1. The highest BCUT2D eigenvalue weighted by atomic mass is 35.5. The predicted octanol–water partition coefficient (Wildman–Crippen LogP) is 2.81. The van der Waals surface area contributed by atoms with Crippen molar-refractivity contribution in [3.05, 3.63) is 58.2 Å². The van der Waals surface area contributed by atoms with Crippen molar-refractivity contribution in [1.82, 2.24) is 10.3 Å². The third kappa shape index (κ3) is 2.74. The summed E-state index contributed by atoms with van der Waals surface area (Å²) in [5, 5.41) is 2.33. The number of ether oxygens (including phenoxy) is 1. The molecule has 1 aromatic carbocycles. The molecule has 7 heteroatoms. The smallest absolute Gasteiger partial charge is 0.225 e. The third-order valence-electron chi connectivity index (χ3n) is 3.37. The molecule has 1 aliphatic heterocycles. The van der Waals surface area contributed by atoms with Gasteiger partial charge in [0.25, 0.3) is 0 Å². The standard InChI is InChI=1S/C15H11ClF2N2O2/c16-14-9(10(17)3-4-11(14)18)6-13(21)20-12-7-22-15-8(12)2-1-5-19-15/h1-5,12H,6-7H2,(H,20,21). The Morgan fingerprint density at radius 3 is 2.95 bits per heavy atom. The van der Waals surface area contributed by atoms with Gasteiger partial charge in [-0.1, -0.05) is 11.6 Å². The summed E-state index contributed by atoms with van der Waals surface area (Å²) in [6, 6.07) is 5.02. The number of hydrogen-bond acceptors (Lipinski definition) is 3. The number of halogens is 3. The summed E-state index contributed by atoms with van der Waals surface area (Å²) >= 11 is 5.71. The van der Waals surface area contributed by atoms with Crippen LogP contribution in [0.15, 0.2) is 30.5 Å². The molecule has 0 fully saturated rings. The topological polar surface area (TPSA) is 51.2 Å². The number of hydrogen-bond donors (Lipinski definition) is 1. The van der Waals surface area contributed by atoms with Gasteiger partial charge in [0.15, 0.2) is 0 Å². The number of amides is 1. The van der Waals surface area contributed by atoms with Crippen molar-refractivity contribution in [3.8, 4) is 5.88 Å². The molecule has 0 saturated carbocycles. The minimum atomic E-state index is -0.760. The molecule has 4 nitrogen and oxygen atoms in total. The first-order chi connectivity index (χ1) is 10.6. The molecular weight excluding hydrogens is 314 g/mol. The van der Waals surface area contributed by atoms with E-state index in [9.17, 15) is 13.6 Å². The Hall–Kier alpha value is -2.21. The maximum atomic E-state index is 13.7. The third-order valence-corrected chi connectivity index (χ3v) is 3.78. The van der Waals surface area contributed by atoms with Crippen molar-refractivity contribution >= 4 is 17.5 Å². The van der Waals surface area contributed by atoms with Gasteiger partial charge in [-0.05, 0) is 24.3 Å². The summed E-state index contributed by atoms with van der Waals surface area (Å²) in [6.45, 7) is 0.247. The lowest BCUT2D eigenvalue weighted by atomic mass is 10.1. The first kappa shape index (κ1) is 14.7. The number of fused-ring (bicyclic) bond motifs is 1. The summed E-state index contributed by atoms with van der Waals surface area (Å²) in [7, 11) is 0. The van der Waals surface area contributed by atoms with Crippen molar-refractivity contribution < 1.29 is 18.3 Å². The zero-order valence-electron chi connectivity index (χ0n) is 11.3. The van der Waals surface area contributed by atoms with Gasteiger partial charge >= 0.3 is 0 Å². The Morgan fingerprint density at radius 2 is 2.14 bits per heavy atom. The Kier molecular flexibility index (Phi) is 3.94. The van der Waals surface area contributed by atoms with Crippen LogP contribution in [0.3, 0.4) is 0 Å². The SMILES string of the molecule is O=C(Cc1c(F)ccc(F)c1Cl)NC1COc2ncccc21. The largest absolute Gasteiger partial charge is 0.475 e. The lowest BCUT2D eigenvalue weighted by molar-refractivity contribution is -0.121. The number of carbonyl (C=O) groups is 1. The van der Waals surface area contributed by atoms with Crippen LogP contribution in [0.4, 0.5) is 8.78 Å². The van der Waals surface area contributed by atoms with Crippen molar-refractivity contribution in [3.63, 3.8) is 0 Å². The molecule has 0 spiro atoms. The molecule has 0 bridgehead atoms. The maximum absolute atomic E-state index is 13.7. The first-order valence-corrected chi connectivity index (χ1v) is 6.93. The highest BCUT2D eigenvalue weighted by Gasteiger charge is 2.27. The van der Waals surface area contributed by atoms with E-state index in [4.69, 9.17) is 16.3 Å². The van der Waals surface area contributed by atoms with E-state index in [-0.39, 0.29) is 29.7 Å². The van der Waals surface area contributed by atoms with E-state index < -0.39 is 17.5 Å². The molecule has 0 aliphatic carbocycles. The monoisotopic (exact) mass is 324 g/mol. The van der Waals surface area contributed by atoms with Crippen LogP contribution in [0, 0.1) is 11.6 Å². The van der Waals surface area contributed by atoms with Gasteiger partial charge in [0, 0.05) is 17.3 Å². The van der Waals surface area contributed by atoms with Gasteiger partial charge in [0.2, 0.25) is 11.8 Å². The Morgan fingerprint density at radius 1 is 1.36 bits per heavy atom. The highest BCUT2D eigenvalue weighted by Crippen LogP contribution is 2.30. The van der Waals surface area contributed by atoms with Crippen LogP contribution >= 0.6 is 11.6 Å². The second kappa shape index (κ2) is 5.88. The number of nitrogens with zero attached hydrogens (tertiary/aromatic N) is 1. The van der Waals surface area contributed by atoms with E-state index in [0.29, 0.717) is 5.88 Å². The highest BCUT2D eigenvalue weighted by molar-refractivity contribution is 6.31. The molecule has 1 amide bonds. The van der Waals surface area contributed by atoms with Crippen molar-refractivity contribution in [1.29, 1.82) is 0 Å². The maximum Gasteiger partial charge on any atom is 0.225 e. The van der Waals surface area contributed by atoms with Crippen molar-refractivity contribution in [2.75, 3.05) is 6.61 Å². The van der Waals surface area contributed by atoms with E-state index in [0.717, 1.165) is 17.7 Å². The van der Waals surface area contributed by atoms with Gasteiger partial charge in [-0.15, -0.1) is 0 Å². The molecule has 1 aromatic heterocycles. The summed E-state index contributed by atoms with van der Waals surface area (Å²) in [4.78, 5) is 16.1. The number of aromatic nitrogens is 1. The zero-order valence-corrected chi connectivity index (χ0v) is 12.0. The van der Waals surface area contributed by atoms with E-state index >= 15 is 0 Å². The molecule has 2 heterocycles. The average molecular weight is 325 g/mol. The van der Waals surface area contributed by atoms with Gasteiger partial charge in [-0.2, -0.15) is 0 Å². The van der Waals surface area contributed by atoms with Gasteiger partial charge in [-0.25, -0.2) is 13.8 Å². The van der Waals surface area contributed by atoms with Crippen molar-refractivity contribution in [2.24, 2.45) is 0 Å². The lowest BCUT2D eigenvalue weighted by Gasteiger charge is -2.12. The number of carbonyl (C=O) groups excluding carboxylic acids is 1. The fourth-order valence-electron chi connectivity index (χ4n) is 2.30. The van der Waals surface area contributed by atoms with Gasteiger partial charge in [0.05, 0.1) is 17.5 Å². The molecule has 3 rings (SSSR count). The van der Waals surface area contributed by atoms with Crippen molar-refractivity contribution in [2.45, 2.75) is 12.5 Å². The molecule has 114 valence electrons. The Bertz CT molecular complexity index is 739. The summed E-state index contributed by atoms with van der Waals surface area (Å²) in [6.07, 6.45) is 1.24. The quantitative estimate of drug-likeness (QED) is 0.883. The van der Waals surface area contributed by atoms with Gasteiger partial charge in [0.1, 0.15) is 18.2 Å². The van der Waals surface area contributed by atoms with E-state index in [1.807, 2.05) is 0 Å². The molecule has 0 saturated heterocycles. The minimum absolute atomic E-state index is 0.163. The summed E-state index contributed by atoms with van der Waals surface area (Å²) in [5.74, 6) is -1.49. The van der Waals surface area contributed by atoms with E-state index in [1.54, 1.807) is 18.3 Å². The van der Waals surface area contributed by atoms with Crippen LogP contribution in [0.25, 0.3) is 0 Å². The molecule has 1 atom stereocenters. The average Bonchev–Trinajstić information content (AvgIpc) is 2.91. The predicted molar refractivity (Wildman–Crippen MR) is 75.7 cm³/mol. The molecule has 22 heavy (non-hydrogen) atoms. The first-order valence-electron chi connectivity index (χ1n) is 6.55. The Balaban J connectivity index is 1.74. The second-order valence-electron chi connectivity index (χ2n) is 4.83. The lowest BCUT2D eigenvalue weighted by Crippen LogP contribution is -2.31. The fourth-order valence-corrected chi connectivity index (χ4v) is 2.52. The number of rotatable bonds is 3. The minimum Gasteiger partial charge on any atom is -0.475 e. The van der Waals surface area contributed by atoms with Crippen LogP contribution in [0.2, 0.25) is 5.02 Å². The molecule has 1 unspecified atom stereocenters. The fraction of sp³-hybridized carbons (Fsp3) is 0.200. The normalized spacial score (nSPS) is 16.0. The summed E-state index contributed by atoms with van der Waals surface area (Å²) < 4.78 is 32.4. The number of benzene rings is 1. The van der Waals surface area contributed by atoms with E-state index in [1.165, 1.54) is 0 Å². The molecular formula is C15H11ClF2N2O2.